The van der Waals surface area contributed by atoms with Crippen LogP contribution in [-0.2, 0) is 28.6 Å². The second-order valence-electron chi connectivity index (χ2n) is 22.4. The van der Waals surface area contributed by atoms with Crippen LogP contribution in [0.2, 0.25) is 0 Å². The van der Waals surface area contributed by atoms with Crippen molar-refractivity contribution in [2.24, 2.45) is 0 Å². The molecule has 0 aliphatic heterocycles. The molecule has 438 valence electrons. The molecule has 0 rings (SSSR count). The first kappa shape index (κ1) is 72.4. The first-order valence-electron chi connectivity index (χ1n) is 33.1. The molecule has 0 saturated heterocycles. The highest BCUT2D eigenvalue weighted by molar-refractivity contribution is 5.71. The minimum Gasteiger partial charge on any atom is -0.462 e. The quantitative estimate of drug-likeness (QED) is 0.0261. The van der Waals surface area contributed by atoms with Crippen molar-refractivity contribution in [1.29, 1.82) is 0 Å². The number of carbonyl (C=O) groups excluding carboxylic acids is 3. The zero-order chi connectivity index (χ0) is 54.3. The molecule has 6 heteroatoms. The lowest BCUT2D eigenvalue weighted by atomic mass is 10.0. The molecule has 6 nitrogen and oxygen atoms in total. The van der Waals surface area contributed by atoms with Crippen LogP contribution >= 0.6 is 0 Å². The lowest BCUT2D eigenvalue weighted by molar-refractivity contribution is -0.167. The van der Waals surface area contributed by atoms with Crippen LogP contribution < -0.4 is 0 Å². The first-order valence-corrected chi connectivity index (χ1v) is 33.1. The van der Waals surface area contributed by atoms with Crippen LogP contribution in [0.4, 0.5) is 0 Å². The zero-order valence-corrected chi connectivity index (χ0v) is 50.3. The fourth-order valence-corrected chi connectivity index (χ4v) is 9.76. The van der Waals surface area contributed by atoms with Crippen molar-refractivity contribution < 1.29 is 28.6 Å². The molecule has 75 heavy (non-hydrogen) atoms. The largest absolute Gasteiger partial charge is 0.462 e. The van der Waals surface area contributed by atoms with Gasteiger partial charge in [0.1, 0.15) is 13.2 Å². The molecule has 0 amide bonds. The molecule has 0 aromatic rings. The van der Waals surface area contributed by atoms with E-state index in [0.717, 1.165) is 64.2 Å². The molecular formula is C69H126O6. The summed E-state index contributed by atoms with van der Waals surface area (Å²) < 4.78 is 17.0. The molecule has 0 aliphatic rings. The molecule has 0 unspecified atom stereocenters. The number of allylic oxidation sites excluding steroid dienone is 8. The van der Waals surface area contributed by atoms with Gasteiger partial charge in [0.2, 0.25) is 0 Å². The van der Waals surface area contributed by atoms with Crippen molar-refractivity contribution >= 4 is 17.9 Å². The number of rotatable bonds is 61. The van der Waals surface area contributed by atoms with Crippen LogP contribution in [-0.4, -0.2) is 37.2 Å². The van der Waals surface area contributed by atoms with E-state index in [9.17, 15) is 14.4 Å². The van der Waals surface area contributed by atoms with E-state index in [2.05, 4.69) is 69.4 Å². The van der Waals surface area contributed by atoms with Gasteiger partial charge in [-0.05, 0) is 103 Å². The lowest BCUT2D eigenvalue weighted by Crippen LogP contribution is -2.30. The predicted molar refractivity (Wildman–Crippen MR) is 325 cm³/mol. The lowest BCUT2D eigenvalue weighted by Gasteiger charge is -2.18. The highest BCUT2D eigenvalue weighted by atomic mass is 16.6. The predicted octanol–water partition coefficient (Wildman–Crippen LogP) is 22.6. The molecular weight excluding hydrogens is 925 g/mol. The summed E-state index contributed by atoms with van der Waals surface area (Å²) in [5, 5.41) is 0. The standard InChI is InChI=1S/C69H126O6/c1-4-7-10-13-16-19-22-25-28-31-33-34-36-38-41-44-47-50-53-56-59-62-68(71)74-65-66(64-73-67(70)61-58-55-52-49-46-43-40-37-30-27-24-21-18-15-12-9-6-3)75-69(72)63-60-57-54-51-48-45-42-39-35-32-29-26-23-20-17-14-11-8-5-2/h17,20,25-30,66H,4-16,18-19,21-24,31-65H2,1-3H3/b20-17-,28-25-,29-26-,30-27-/t66-/m0/s1. The average molecular weight is 1050 g/mol. The van der Waals surface area contributed by atoms with Gasteiger partial charge in [0, 0.05) is 19.3 Å². The van der Waals surface area contributed by atoms with Crippen LogP contribution in [0, 0.1) is 0 Å². The summed E-state index contributed by atoms with van der Waals surface area (Å²) in [6, 6.07) is 0. The number of unbranched alkanes of at least 4 members (excludes halogenated alkanes) is 42. The second-order valence-corrected chi connectivity index (χ2v) is 22.4. The Balaban J connectivity index is 4.34. The van der Waals surface area contributed by atoms with E-state index in [4.69, 9.17) is 14.2 Å². The van der Waals surface area contributed by atoms with Gasteiger partial charge in [-0.2, -0.15) is 0 Å². The molecule has 0 aliphatic carbocycles. The molecule has 0 heterocycles. The van der Waals surface area contributed by atoms with E-state index >= 15 is 0 Å². The maximum Gasteiger partial charge on any atom is 0.306 e. The van der Waals surface area contributed by atoms with Crippen LogP contribution in [0.15, 0.2) is 48.6 Å². The van der Waals surface area contributed by atoms with E-state index in [1.807, 2.05) is 0 Å². The van der Waals surface area contributed by atoms with Gasteiger partial charge >= 0.3 is 17.9 Å². The number of ether oxygens (including phenoxy) is 3. The number of esters is 3. The van der Waals surface area contributed by atoms with Gasteiger partial charge in [0.25, 0.3) is 0 Å². The Kier molecular flexibility index (Phi) is 61.7. The van der Waals surface area contributed by atoms with E-state index in [0.29, 0.717) is 19.3 Å². The summed E-state index contributed by atoms with van der Waals surface area (Å²) in [6.07, 6.45) is 79.7. The first-order chi connectivity index (χ1) is 37.0. The maximum absolute atomic E-state index is 12.9. The summed E-state index contributed by atoms with van der Waals surface area (Å²) in [7, 11) is 0. The summed E-state index contributed by atoms with van der Waals surface area (Å²) in [5.41, 5.74) is 0. The monoisotopic (exact) mass is 1050 g/mol. The van der Waals surface area contributed by atoms with Crippen molar-refractivity contribution in [3.63, 3.8) is 0 Å². The van der Waals surface area contributed by atoms with Crippen LogP contribution in [0.1, 0.15) is 355 Å². The highest BCUT2D eigenvalue weighted by Gasteiger charge is 2.19. The summed E-state index contributed by atoms with van der Waals surface area (Å²) >= 11 is 0. The van der Waals surface area contributed by atoms with Crippen molar-refractivity contribution in [2.45, 2.75) is 361 Å². The SMILES string of the molecule is CCCCC/C=C\C/C=C\CCCCCCCCCCCC(=O)O[C@@H](COC(=O)CCCCCCCCC/C=C\CCCCCCCC)COC(=O)CCCCCCCCCCCCC/C=C\CCCCCCCC. The van der Waals surface area contributed by atoms with E-state index in [-0.39, 0.29) is 31.1 Å². The average Bonchev–Trinajstić information content (AvgIpc) is 3.41. The van der Waals surface area contributed by atoms with E-state index in [1.54, 1.807) is 0 Å². The zero-order valence-electron chi connectivity index (χ0n) is 50.3. The maximum atomic E-state index is 12.9. The molecule has 0 radical (unpaired) electrons. The third kappa shape index (κ3) is 62.1. The Morgan fingerprint density at radius 1 is 0.267 bits per heavy atom. The highest BCUT2D eigenvalue weighted by Crippen LogP contribution is 2.17. The fourth-order valence-electron chi connectivity index (χ4n) is 9.76. The third-order valence-electron chi connectivity index (χ3n) is 14.8. The second kappa shape index (κ2) is 63.9. The topological polar surface area (TPSA) is 78.9 Å². The normalized spacial score (nSPS) is 12.3. The van der Waals surface area contributed by atoms with Crippen molar-refractivity contribution in [3.8, 4) is 0 Å². The molecule has 0 spiro atoms. The Hall–Kier alpha value is -2.63. The van der Waals surface area contributed by atoms with Crippen LogP contribution in [0.3, 0.4) is 0 Å². The van der Waals surface area contributed by atoms with Gasteiger partial charge in [0.05, 0.1) is 0 Å². The Bertz CT molecular complexity index is 1300. The Morgan fingerprint density at radius 3 is 0.773 bits per heavy atom. The fraction of sp³-hybridized carbons (Fsp3) is 0.841. The van der Waals surface area contributed by atoms with Crippen molar-refractivity contribution in [3.05, 3.63) is 48.6 Å². The van der Waals surface area contributed by atoms with Gasteiger partial charge < -0.3 is 14.2 Å². The Morgan fingerprint density at radius 2 is 0.480 bits per heavy atom. The van der Waals surface area contributed by atoms with Crippen LogP contribution in [0.25, 0.3) is 0 Å². The van der Waals surface area contributed by atoms with Gasteiger partial charge in [-0.25, -0.2) is 0 Å². The summed E-state index contributed by atoms with van der Waals surface area (Å²) in [6.45, 7) is 6.66. The van der Waals surface area contributed by atoms with Gasteiger partial charge in [0.15, 0.2) is 6.10 Å². The molecule has 0 bridgehead atoms. The summed E-state index contributed by atoms with van der Waals surface area (Å²) in [5.74, 6) is -0.861. The smallest absolute Gasteiger partial charge is 0.306 e. The molecule has 0 N–H and O–H groups in total. The van der Waals surface area contributed by atoms with Gasteiger partial charge in [-0.3, -0.25) is 14.4 Å². The molecule has 0 saturated carbocycles. The minimum absolute atomic E-state index is 0.0739. The number of carbonyl (C=O) groups is 3. The van der Waals surface area contributed by atoms with E-state index in [1.165, 1.54) is 250 Å². The molecule has 0 aromatic carbocycles. The van der Waals surface area contributed by atoms with E-state index < -0.39 is 6.10 Å². The van der Waals surface area contributed by atoms with Crippen molar-refractivity contribution in [2.75, 3.05) is 13.2 Å². The molecule has 0 aromatic heterocycles. The van der Waals surface area contributed by atoms with Crippen LogP contribution in [0.5, 0.6) is 0 Å². The Labute approximate surface area is 467 Å². The summed E-state index contributed by atoms with van der Waals surface area (Å²) in [4.78, 5) is 38.4. The number of hydrogen-bond acceptors (Lipinski definition) is 6. The van der Waals surface area contributed by atoms with Crippen molar-refractivity contribution in [1.82, 2.24) is 0 Å². The minimum atomic E-state index is -0.778. The molecule has 0 fully saturated rings. The van der Waals surface area contributed by atoms with Gasteiger partial charge in [-0.1, -0.05) is 281 Å². The number of hydrogen-bond donors (Lipinski definition) is 0. The molecule has 1 atom stereocenters. The van der Waals surface area contributed by atoms with Gasteiger partial charge in [-0.15, -0.1) is 0 Å². The third-order valence-corrected chi connectivity index (χ3v) is 14.8.